The maximum atomic E-state index is 12.7. The first-order valence-corrected chi connectivity index (χ1v) is 11.1. The van der Waals surface area contributed by atoms with Crippen LogP contribution in [0, 0.1) is 11.3 Å². The highest BCUT2D eigenvalue weighted by atomic mass is 35.5. The van der Waals surface area contributed by atoms with Crippen LogP contribution in [0.1, 0.15) is 5.56 Å². The Kier molecular flexibility index (Phi) is 6.98. The largest absolute Gasteiger partial charge is 0.320 e. The van der Waals surface area contributed by atoms with Crippen LogP contribution in [0.2, 0.25) is 10.0 Å². The first kappa shape index (κ1) is 22.4. The fourth-order valence-electron chi connectivity index (χ4n) is 2.59. The van der Waals surface area contributed by atoms with Crippen LogP contribution in [0.4, 0.5) is 11.4 Å². The van der Waals surface area contributed by atoms with Crippen LogP contribution in [-0.2, 0) is 14.8 Å². The molecule has 3 aromatic rings. The Hall–Kier alpha value is -3.31. The van der Waals surface area contributed by atoms with Crippen molar-refractivity contribution in [2.75, 3.05) is 10.0 Å². The van der Waals surface area contributed by atoms with Gasteiger partial charge in [0.15, 0.2) is 0 Å². The van der Waals surface area contributed by atoms with E-state index < -0.39 is 15.9 Å². The Morgan fingerprint density at radius 2 is 1.71 bits per heavy atom. The van der Waals surface area contributed by atoms with E-state index in [0.29, 0.717) is 10.6 Å². The fourth-order valence-corrected chi connectivity index (χ4v) is 4.02. The van der Waals surface area contributed by atoms with Gasteiger partial charge in [0.05, 0.1) is 21.3 Å². The predicted octanol–water partition coefficient (Wildman–Crippen LogP) is 5.34. The lowest BCUT2D eigenvalue weighted by molar-refractivity contribution is -0.112. The number of halogens is 2. The predicted molar refractivity (Wildman–Crippen MR) is 122 cm³/mol. The summed E-state index contributed by atoms with van der Waals surface area (Å²) >= 11 is 12.0. The van der Waals surface area contributed by atoms with E-state index in [1.807, 2.05) is 12.1 Å². The summed E-state index contributed by atoms with van der Waals surface area (Å²) in [7, 11) is -3.98. The van der Waals surface area contributed by atoms with Gasteiger partial charge in [-0.15, -0.1) is 0 Å². The summed E-state index contributed by atoms with van der Waals surface area (Å²) < 4.78 is 27.8. The minimum absolute atomic E-state index is 0.0508. The Labute approximate surface area is 189 Å². The molecule has 3 rings (SSSR count). The molecule has 0 saturated heterocycles. The molecule has 0 heterocycles. The number of hydrogen-bond acceptors (Lipinski definition) is 4. The molecule has 3 aromatic carbocycles. The molecule has 6 nitrogen and oxygen atoms in total. The molecule has 0 spiro atoms. The maximum Gasteiger partial charge on any atom is 0.266 e. The van der Waals surface area contributed by atoms with Crippen molar-refractivity contribution in [1.29, 1.82) is 5.26 Å². The minimum atomic E-state index is -3.98. The molecule has 31 heavy (non-hydrogen) atoms. The molecule has 0 aliphatic heterocycles. The number of hydrogen-bond donors (Lipinski definition) is 2. The number of nitrogens with one attached hydrogen (secondary N) is 2. The summed E-state index contributed by atoms with van der Waals surface area (Å²) in [6.45, 7) is 0. The number of nitrogens with zero attached hydrogens (tertiary/aromatic N) is 1. The number of carbonyl (C=O) groups excluding carboxylic acids is 1. The van der Waals surface area contributed by atoms with E-state index in [2.05, 4.69) is 10.0 Å². The molecule has 0 atom stereocenters. The standard InChI is InChI=1S/C22H15Cl2N3O3S/c23-17-7-4-8-18(12-17)27-31(29,30)19-9-10-20(24)21(13-19)26-22(28)16(14-25)11-15-5-2-1-3-6-15/h1-13,27H,(H,26,28). The van der Waals surface area contributed by atoms with E-state index in [1.165, 1.54) is 30.3 Å². The Morgan fingerprint density at radius 1 is 0.968 bits per heavy atom. The van der Waals surface area contributed by atoms with Gasteiger partial charge in [-0.05, 0) is 48.0 Å². The number of amides is 1. The Bertz CT molecular complexity index is 1300. The summed E-state index contributed by atoms with van der Waals surface area (Å²) in [4.78, 5) is 12.4. The van der Waals surface area contributed by atoms with Gasteiger partial charge >= 0.3 is 0 Å². The van der Waals surface area contributed by atoms with E-state index in [1.54, 1.807) is 42.5 Å². The zero-order valence-electron chi connectivity index (χ0n) is 15.8. The first-order chi connectivity index (χ1) is 14.8. The monoisotopic (exact) mass is 471 g/mol. The van der Waals surface area contributed by atoms with E-state index in [-0.39, 0.29) is 26.9 Å². The summed E-state index contributed by atoms with van der Waals surface area (Å²) in [5.74, 6) is -0.717. The average molecular weight is 472 g/mol. The van der Waals surface area contributed by atoms with Crippen LogP contribution in [0.3, 0.4) is 0 Å². The highest BCUT2D eigenvalue weighted by Gasteiger charge is 2.18. The summed E-state index contributed by atoms with van der Waals surface area (Å²) in [6.07, 6.45) is 1.42. The van der Waals surface area contributed by atoms with Crippen molar-refractivity contribution in [3.8, 4) is 6.07 Å². The van der Waals surface area contributed by atoms with E-state index in [0.717, 1.165) is 0 Å². The molecular weight excluding hydrogens is 457 g/mol. The number of nitriles is 1. The first-order valence-electron chi connectivity index (χ1n) is 8.84. The van der Waals surface area contributed by atoms with Crippen LogP contribution in [-0.4, -0.2) is 14.3 Å². The zero-order valence-corrected chi connectivity index (χ0v) is 18.2. The van der Waals surface area contributed by atoms with Crippen molar-refractivity contribution in [3.63, 3.8) is 0 Å². The summed E-state index contributed by atoms with van der Waals surface area (Å²) in [5, 5.41) is 12.3. The summed E-state index contributed by atoms with van der Waals surface area (Å²) in [6, 6.07) is 20.8. The lowest BCUT2D eigenvalue weighted by Gasteiger charge is -2.12. The molecule has 0 aliphatic rings. The Balaban J connectivity index is 1.86. The SMILES string of the molecule is N#CC(=Cc1ccccc1)C(=O)Nc1cc(S(=O)(=O)Nc2cccc(Cl)c2)ccc1Cl. The van der Waals surface area contributed by atoms with Gasteiger partial charge in [0.1, 0.15) is 11.6 Å². The second kappa shape index (κ2) is 9.67. The van der Waals surface area contributed by atoms with Crippen LogP contribution < -0.4 is 10.0 Å². The van der Waals surface area contributed by atoms with Gasteiger partial charge in [0.25, 0.3) is 15.9 Å². The van der Waals surface area contributed by atoms with Crippen LogP contribution in [0.15, 0.2) is 83.3 Å². The third-order valence-corrected chi connectivity index (χ3v) is 5.99. The van der Waals surface area contributed by atoms with Gasteiger partial charge in [0.2, 0.25) is 0 Å². The molecule has 0 radical (unpaired) electrons. The van der Waals surface area contributed by atoms with Gasteiger partial charge in [-0.25, -0.2) is 8.42 Å². The second-order valence-corrected chi connectivity index (χ2v) is 8.82. The molecular formula is C22H15Cl2N3O3S. The lowest BCUT2D eigenvalue weighted by atomic mass is 10.1. The smallest absolute Gasteiger partial charge is 0.266 e. The van der Waals surface area contributed by atoms with Crippen molar-refractivity contribution in [2.45, 2.75) is 4.90 Å². The van der Waals surface area contributed by atoms with Crippen LogP contribution in [0.25, 0.3) is 6.08 Å². The van der Waals surface area contributed by atoms with Crippen molar-refractivity contribution >= 4 is 56.6 Å². The second-order valence-electron chi connectivity index (χ2n) is 6.29. The van der Waals surface area contributed by atoms with Gasteiger partial charge in [-0.3, -0.25) is 9.52 Å². The normalized spacial score (nSPS) is 11.5. The zero-order chi connectivity index (χ0) is 22.4. The van der Waals surface area contributed by atoms with E-state index >= 15 is 0 Å². The van der Waals surface area contributed by atoms with Crippen molar-refractivity contribution in [3.05, 3.63) is 94.0 Å². The van der Waals surface area contributed by atoms with Crippen LogP contribution in [0.5, 0.6) is 0 Å². The molecule has 156 valence electrons. The third-order valence-electron chi connectivity index (χ3n) is 4.05. The van der Waals surface area contributed by atoms with Crippen molar-refractivity contribution in [1.82, 2.24) is 0 Å². The molecule has 1 amide bonds. The molecule has 0 fully saturated rings. The number of carbonyl (C=O) groups is 1. The maximum absolute atomic E-state index is 12.7. The average Bonchev–Trinajstić information content (AvgIpc) is 2.73. The molecule has 0 aromatic heterocycles. The Morgan fingerprint density at radius 3 is 2.39 bits per heavy atom. The van der Waals surface area contributed by atoms with E-state index in [4.69, 9.17) is 23.2 Å². The van der Waals surface area contributed by atoms with E-state index in [9.17, 15) is 18.5 Å². The molecule has 0 unspecified atom stereocenters. The molecule has 0 bridgehead atoms. The topological polar surface area (TPSA) is 99.1 Å². The number of sulfonamides is 1. The number of anilines is 2. The highest BCUT2D eigenvalue weighted by molar-refractivity contribution is 7.92. The molecule has 0 aliphatic carbocycles. The van der Waals surface area contributed by atoms with Crippen molar-refractivity contribution in [2.24, 2.45) is 0 Å². The van der Waals surface area contributed by atoms with Crippen LogP contribution >= 0.6 is 23.2 Å². The van der Waals surface area contributed by atoms with Gasteiger partial charge in [-0.2, -0.15) is 5.26 Å². The van der Waals surface area contributed by atoms with Gasteiger partial charge < -0.3 is 5.32 Å². The van der Waals surface area contributed by atoms with Crippen molar-refractivity contribution < 1.29 is 13.2 Å². The number of rotatable bonds is 6. The highest BCUT2D eigenvalue weighted by Crippen LogP contribution is 2.27. The molecule has 9 heteroatoms. The quantitative estimate of drug-likeness (QED) is 0.374. The minimum Gasteiger partial charge on any atom is -0.320 e. The molecule has 2 N–H and O–H groups in total. The fraction of sp³-hybridized carbons (Fsp3) is 0. The number of benzene rings is 3. The summed E-state index contributed by atoms with van der Waals surface area (Å²) in [5.41, 5.74) is 0.843. The third kappa shape index (κ3) is 5.86. The molecule has 0 saturated carbocycles. The van der Waals surface area contributed by atoms with Gasteiger partial charge in [-0.1, -0.05) is 59.6 Å². The lowest BCUT2D eigenvalue weighted by Crippen LogP contribution is -2.16. The van der Waals surface area contributed by atoms with Gasteiger partial charge in [0, 0.05) is 5.02 Å².